The number of aliphatic hydroxyl groups excluding tert-OH is 2. The number of hydrogen-bond acceptors (Lipinski definition) is 3. The number of rotatable bonds is 17. The summed E-state index contributed by atoms with van der Waals surface area (Å²) in [4.78, 5) is 2.24. The van der Waals surface area contributed by atoms with E-state index in [1.165, 1.54) is 64.2 Å². The summed E-state index contributed by atoms with van der Waals surface area (Å²) < 4.78 is 0. The monoisotopic (exact) mass is 329 g/mol. The van der Waals surface area contributed by atoms with Crippen LogP contribution < -0.4 is 0 Å². The van der Waals surface area contributed by atoms with Crippen LogP contribution in [0.2, 0.25) is 0 Å². The lowest BCUT2D eigenvalue weighted by atomic mass is 10.1. The molecule has 2 unspecified atom stereocenters. The predicted octanol–water partition coefficient (Wildman–Crippen LogP) is 4.75. The lowest BCUT2D eigenvalue weighted by Gasteiger charge is -2.26. The van der Waals surface area contributed by atoms with Gasteiger partial charge in [0.2, 0.25) is 0 Å². The van der Waals surface area contributed by atoms with Crippen molar-refractivity contribution in [3.63, 3.8) is 0 Å². The van der Waals surface area contributed by atoms with Crippen LogP contribution in [0.1, 0.15) is 97.8 Å². The fraction of sp³-hybridized carbons (Fsp3) is 1.00. The summed E-state index contributed by atoms with van der Waals surface area (Å²) in [6, 6.07) is 0. The quantitative estimate of drug-likeness (QED) is 0.378. The van der Waals surface area contributed by atoms with Crippen LogP contribution >= 0.6 is 0 Å². The van der Waals surface area contributed by atoms with Crippen molar-refractivity contribution in [2.24, 2.45) is 0 Å². The normalized spacial score (nSPS) is 14.3. The zero-order valence-corrected chi connectivity index (χ0v) is 16.1. The first-order chi connectivity index (χ1) is 11.1. The lowest BCUT2D eigenvalue weighted by Crippen LogP contribution is -2.38. The Bertz CT molecular complexity index is 224. The number of unbranched alkanes of at least 4 members (excludes halogenated alkanes) is 9. The first kappa shape index (κ1) is 22.9. The van der Waals surface area contributed by atoms with Crippen LogP contribution in [0, 0.1) is 0 Å². The summed E-state index contributed by atoms with van der Waals surface area (Å²) in [5, 5.41) is 19.7. The summed E-state index contributed by atoms with van der Waals surface area (Å²) >= 11 is 0. The highest BCUT2D eigenvalue weighted by molar-refractivity contribution is 4.68. The number of hydrogen-bond donors (Lipinski definition) is 2. The van der Waals surface area contributed by atoms with Gasteiger partial charge in [0.05, 0.1) is 12.2 Å². The molecule has 0 radical (unpaired) electrons. The van der Waals surface area contributed by atoms with Gasteiger partial charge < -0.3 is 10.2 Å². The van der Waals surface area contributed by atoms with Crippen LogP contribution in [-0.4, -0.2) is 47.0 Å². The minimum absolute atomic E-state index is 0.262. The largest absolute Gasteiger partial charge is 0.392 e. The molecule has 2 N–H and O–H groups in total. The van der Waals surface area contributed by atoms with Crippen molar-refractivity contribution in [3.8, 4) is 0 Å². The molecular weight excluding hydrogens is 286 g/mol. The molecule has 0 fully saturated rings. The van der Waals surface area contributed by atoms with Crippen LogP contribution in [0.15, 0.2) is 0 Å². The maximum Gasteiger partial charge on any atom is 0.0664 e. The van der Waals surface area contributed by atoms with Gasteiger partial charge in [0.25, 0.3) is 0 Å². The summed E-state index contributed by atoms with van der Waals surface area (Å²) in [5.41, 5.74) is 0. The molecule has 0 rings (SSSR count). The second-order valence-electron chi connectivity index (χ2n) is 7.07. The zero-order valence-electron chi connectivity index (χ0n) is 16.1. The fourth-order valence-corrected chi connectivity index (χ4v) is 2.93. The molecule has 3 nitrogen and oxygen atoms in total. The van der Waals surface area contributed by atoms with Crippen LogP contribution in [0.4, 0.5) is 0 Å². The molecule has 0 spiro atoms. The number of nitrogens with zero attached hydrogens (tertiary/aromatic N) is 1. The van der Waals surface area contributed by atoms with E-state index in [0.29, 0.717) is 13.1 Å². The van der Waals surface area contributed by atoms with Gasteiger partial charge in [0, 0.05) is 13.1 Å². The Hall–Kier alpha value is -0.120. The maximum absolute atomic E-state index is 9.85. The van der Waals surface area contributed by atoms with E-state index < -0.39 is 0 Å². The molecule has 0 amide bonds. The van der Waals surface area contributed by atoms with Crippen molar-refractivity contribution in [1.82, 2.24) is 4.90 Å². The summed E-state index contributed by atoms with van der Waals surface area (Å²) in [6.45, 7) is 8.70. The average Bonchev–Trinajstić information content (AvgIpc) is 2.55. The summed E-state index contributed by atoms with van der Waals surface area (Å²) in [6.07, 6.45) is 14.5. The van der Waals surface area contributed by atoms with E-state index in [1.807, 2.05) is 13.8 Å². The fourth-order valence-electron chi connectivity index (χ4n) is 2.93. The van der Waals surface area contributed by atoms with E-state index in [1.54, 1.807) is 0 Å². The van der Waals surface area contributed by atoms with Crippen molar-refractivity contribution in [1.29, 1.82) is 0 Å². The van der Waals surface area contributed by atoms with Gasteiger partial charge >= 0.3 is 0 Å². The summed E-state index contributed by atoms with van der Waals surface area (Å²) in [5.74, 6) is 0. The summed E-state index contributed by atoms with van der Waals surface area (Å²) in [7, 11) is 0. The Morgan fingerprint density at radius 2 is 1.00 bits per heavy atom. The van der Waals surface area contributed by atoms with Crippen molar-refractivity contribution >= 4 is 0 Å². The van der Waals surface area contributed by atoms with Crippen molar-refractivity contribution in [2.45, 2.75) is 110 Å². The molecule has 23 heavy (non-hydrogen) atoms. The van der Waals surface area contributed by atoms with Gasteiger partial charge in [0.1, 0.15) is 0 Å². The molecule has 0 bridgehead atoms. The van der Waals surface area contributed by atoms with Gasteiger partial charge in [-0.1, -0.05) is 78.6 Å². The smallest absolute Gasteiger partial charge is 0.0664 e. The molecule has 2 atom stereocenters. The second-order valence-corrected chi connectivity index (χ2v) is 7.07. The Morgan fingerprint density at radius 1 is 0.609 bits per heavy atom. The minimum Gasteiger partial charge on any atom is -0.392 e. The topological polar surface area (TPSA) is 43.7 Å². The highest BCUT2D eigenvalue weighted by Crippen LogP contribution is 2.11. The SMILES string of the molecule is CCCCCCCCCCCCN(CC(O)CC)CC(O)CC. The Labute approximate surface area is 145 Å². The molecule has 0 saturated carbocycles. The van der Waals surface area contributed by atoms with Crippen LogP contribution in [0.5, 0.6) is 0 Å². The van der Waals surface area contributed by atoms with Gasteiger partial charge in [-0.2, -0.15) is 0 Å². The predicted molar refractivity (Wildman–Crippen MR) is 101 cm³/mol. The Balaban J connectivity index is 3.65. The molecule has 0 aliphatic heterocycles. The van der Waals surface area contributed by atoms with Gasteiger partial charge in [-0.3, -0.25) is 4.90 Å². The van der Waals surface area contributed by atoms with E-state index in [4.69, 9.17) is 0 Å². The Kier molecular flexibility index (Phi) is 16.6. The molecule has 3 heteroatoms. The third-order valence-electron chi connectivity index (χ3n) is 4.71. The van der Waals surface area contributed by atoms with E-state index in [2.05, 4.69) is 11.8 Å². The standard InChI is InChI=1S/C20H43NO2/c1-4-7-8-9-10-11-12-13-14-15-16-21(17-19(22)5-2)18-20(23)6-3/h19-20,22-23H,4-18H2,1-3H3. The Morgan fingerprint density at radius 3 is 1.39 bits per heavy atom. The highest BCUT2D eigenvalue weighted by Gasteiger charge is 2.13. The highest BCUT2D eigenvalue weighted by atomic mass is 16.3. The van der Waals surface area contributed by atoms with E-state index >= 15 is 0 Å². The molecule has 0 aliphatic carbocycles. The average molecular weight is 330 g/mol. The second kappa shape index (κ2) is 16.7. The molecule has 140 valence electrons. The van der Waals surface area contributed by atoms with Crippen LogP contribution in [0.25, 0.3) is 0 Å². The first-order valence-corrected chi connectivity index (χ1v) is 10.2. The molecule has 0 heterocycles. The van der Waals surface area contributed by atoms with E-state index in [9.17, 15) is 10.2 Å². The van der Waals surface area contributed by atoms with Crippen LogP contribution in [0.3, 0.4) is 0 Å². The molecule has 0 aromatic rings. The third kappa shape index (κ3) is 15.2. The van der Waals surface area contributed by atoms with Gasteiger partial charge in [-0.25, -0.2) is 0 Å². The van der Waals surface area contributed by atoms with Gasteiger partial charge in [-0.05, 0) is 25.8 Å². The van der Waals surface area contributed by atoms with Gasteiger partial charge in [0.15, 0.2) is 0 Å². The van der Waals surface area contributed by atoms with Crippen molar-refractivity contribution in [2.75, 3.05) is 19.6 Å². The van der Waals surface area contributed by atoms with E-state index in [-0.39, 0.29) is 12.2 Å². The minimum atomic E-state index is -0.262. The van der Waals surface area contributed by atoms with Crippen LogP contribution in [-0.2, 0) is 0 Å². The first-order valence-electron chi connectivity index (χ1n) is 10.2. The molecule has 0 aromatic carbocycles. The molecule has 0 aromatic heterocycles. The number of aliphatic hydroxyl groups is 2. The molecule has 0 saturated heterocycles. The maximum atomic E-state index is 9.85. The van der Waals surface area contributed by atoms with E-state index in [0.717, 1.165) is 19.4 Å². The van der Waals surface area contributed by atoms with Crippen molar-refractivity contribution in [3.05, 3.63) is 0 Å². The lowest BCUT2D eigenvalue weighted by molar-refractivity contribution is 0.0654. The van der Waals surface area contributed by atoms with Crippen molar-refractivity contribution < 1.29 is 10.2 Å². The third-order valence-corrected chi connectivity index (χ3v) is 4.71. The van der Waals surface area contributed by atoms with Gasteiger partial charge in [-0.15, -0.1) is 0 Å². The molecule has 0 aliphatic rings. The molecular formula is C20H43NO2. The zero-order chi connectivity index (χ0) is 17.3.